The molecule has 2 aromatic rings. The van der Waals surface area contributed by atoms with Crippen LogP contribution in [0.2, 0.25) is 0 Å². The van der Waals surface area contributed by atoms with Crippen molar-refractivity contribution >= 4 is 18.7 Å². The van der Waals surface area contributed by atoms with Gasteiger partial charge in [0.2, 0.25) is 0 Å². The number of nitrogens with zero attached hydrogens (tertiary/aromatic N) is 1. The highest BCUT2D eigenvalue weighted by Gasteiger charge is 2.35. The summed E-state index contributed by atoms with van der Waals surface area (Å²) >= 11 is 0. The van der Waals surface area contributed by atoms with Crippen molar-refractivity contribution in [1.82, 2.24) is 5.32 Å². The molecule has 1 heterocycles. The Morgan fingerprint density at radius 2 is 1.00 bits per heavy atom. The second-order valence-electron chi connectivity index (χ2n) is 9.69. The van der Waals surface area contributed by atoms with Crippen molar-refractivity contribution < 1.29 is 0 Å². The van der Waals surface area contributed by atoms with E-state index in [0.717, 1.165) is 0 Å². The minimum atomic E-state index is 0. The SMILES string of the molecule is CC(C)c1cccc(C(C)C)c1C1N=CNC1c1c(C(C)C)cccc1C(C)C.Cl. The van der Waals surface area contributed by atoms with E-state index in [4.69, 9.17) is 4.99 Å². The fraction of sp³-hybridized carbons (Fsp3) is 0.519. The maximum absolute atomic E-state index is 5.01. The van der Waals surface area contributed by atoms with Crippen molar-refractivity contribution in [1.29, 1.82) is 0 Å². The number of rotatable bonds is 6. The van der Waals surface area contributed by atoms with Crippen LogP contribution in [-0.2, 0) is 0 Å². The number of halogens is 1. The van der Waals surface area contributed by atoms with Gasteiger partial charge >= 0.3 is 0 Å². The highest BCUT2D eigenvalue weighted by molar-refractivity contribution is 5.85. The Morgan fingerprint density at radius 1 is 0.633 bits per heavy atom. The molecule has 2 nitrogen and oxygen atoms in total. The molecule has 0 bridgehead atoms. The van der Waals surface area contributed by atoms with Crippen LogP contribution in [0.15, 0.2) is 41.4 Å². The first kappa shape index (κ1) is 24.5. The second kappa shape index (κ2) is 10.0. The summed E-state index contributed by atoms with van der Waals surface area (Å²) in [4.78, 5) is 5.01. The van der Waals surface area contributed by atoms with Gasteiger partial charge in [-0.3, -0.25) is 4.99 Å². The van der Waals surface area contributed by atoms with Crippen LogP contribution in [0.5, 0.6) is 0 Å². The van der Waals surface area contributed by atoms with Gasteiger partial charge in [0.1, 0.15) is 6.04 Å². The molecule has 0 aliphatic carbocycles. The number of nitrogens with one attached hydrogen (secondary N) is 1. The number of aliphatic imine (C=N–C) groups is 1. The van der Waals surface area contributed by atoms with Gasteiger partial charge in [0.25, 0.3) is 0 Å². The molecule has 30 heavy (non-hydrogen) atoms. The highest BCUT2D eigenvalue weighted by Crippen LogP contribution is 2.45. The maximum Gasteiger partial charge on any atom is 0.101 e. The molecule has 0 saturated heterocycles. The van der Waals surface area contributed by atoms with Crippen molar-refractivity contribution in [2.75, 3.05) is 0 Å². The summed E-state index contributed by atoms with van der Waals surface area (Å²) in [5, 5.41) is 3.65. The lowest BCUT2D eigenvalue weighted by molar-refractivity contribution is 0.543. The third-order valence-corrected chi connectivity index (χ3v) is 6.25. The van der Waals surface area contributed by atoms with E-state index in [2.05, 4.69) is 97.1 Å². The second-order valence-corrected chi connectivity index (χ2v) is 9.69. The molecule has 0 spiro atoms. The van der Waals surface area contributed by atoms with Crippen molar-refractivity contribution in [2.24, 2.45) is 4.99 Å². The van der Waals surface area contributed by atoms with Gasteiger partial charge in [0.15, 0.2) is 0 Å². The van der Waals surface area contributed by atoms with Gasteiger partial charge in [-0.25, -0.2) is 0 Å². The average molecular weight is 427 g/mol. The molecule has 2 aromatic carbocycles. The standard InChI is InChI=1S/C27H38N2.ClH/c1-16(2)20-11-9-12-21(17(3)4)24(20)26-27(29-15-28-26)25-22(18(5)6)13-10-14-23(25)19(7)8;/h9-19,26-27H,1-8H3,(H,28,29);1H. The highest BCUT2D eigenvalue weighted by atomic mass is 35.5. The predicted molar refractivity (Wildman–Crippen MR) is 134 cm³/mol. The lowest BCUT2D eigenvalue weighted by Crippen LogP contribution is -2.24. The summed E-state index contributed by atoms with van der Waals surface area (Å²) in [6.07, 6.45) is 1.94. The molecule has 3 rings (SSSR count). The van der Waals surface area contributed by atoms with Gasteiger partial charge in [0.05, 0.1) is 12.4 Å². The number of hydrogen-bond donors (Lipinski definition) is 1. The molecule has 0 saturated carbocycles. The lowest BCUT2D eigenvalue weighted by Gasteiger charge is -2.31. The largest absolute Gasteiger partial charge is 0.367 e. The minimum Gasteiger partial charge on any atom is -0.367 e. The zero-order valence-corrected chi connectivity index (χ0v) is 20.7. The fourth-order valence-corrected chi connectivity index (χ4v) is 4.78. The third kappa shape index (κ3) is 4.59. The van der Waals surface area contributed by atoms with Crippen LogP contribution in [0.25, 0.3) is 0 Å². The van der Waals surface area contributed by atoms with Crippen molar-refractivity contribution in [3.63, 3.8) is 0 Å². The molecule has 2 atom stereocenters. The average Bonchev–Trinajstić information content (AvgIpc) is 3.15. The molecule has 0 aromatic heterocycles. The molecule has 0 amide bonds. The Balaban J connectivity index is 0.00000320. The Hall–Kier alpha value is -1.80. The van der Waals surface area contributed by atoms with Crippen molar-refractivity contribution in [3.8, 4) is 0 Å². The third-order valence-electron chi connectivity index (χ3n) is 6.25. The summed E-state index contributed by atoms with van der Waals surface area (Å²) in [5.74, 6) is 1.92. The van der Waals surface area contributed by atoms with Crippen molar-refractivity contribution in [3.05, 3.63) is 69.8 Å². The molecule has 3 heteroatoms. The Labute approximate surface area is 190 Å². The molecule has 1 aliphatic heterocycles. The van der Waals surface area contributed by atoms with E-state index in [1.807, 2.05) is 6.34 Å². The van der Waals surface area contributed by atoms with Gasteiger partial charge in [-0.1, -0.05) is 91.8 Å². The molecular weight excluding hydrogens is 388 g/mol. The fourth-order valence-electron chi connectivity index (χ4n) is 4.78. The van der Waals surface area contributed by atoms with Gasteiger partial charge in [-0.2, -0.15) is 0 Å². The number of hydrogen-bond acceptors (Lipinski definition) is 2. The van der Waals surface area contributed by atoms with Gasteiger partial charge in [-0.15, -0.1) is 12.4 Å². The number of benzene rings is 2. The lowest BCUT2D eigenvalue weighted by atomic mass is 9.78. The molecule has 164 valence electrons. The quantitative estimate of drug-likeness (QED) is 0.496. The van der Waals surface area contributed by atoms with Crippen LogP contribution in [0.1, 0.15) is 125 Å². The molecular formula is C27H39ClN2. The Bertz CT molecular complexity index is 828. The Kier molecular flexibility index (Phi) is 8.16. The van der Waals surface area contributed by atoms with Crippen LogP contribution >= 0.6 is 12.4 Å². The summed E-state index contributed by atoms with van der Waals surface area (Å²) < 4.78 is 0. The molecule has 1 aliphatic rings. The normalized spacial score (nSPS) is 18.4. The topological polar surface area (TPSA) is 24.4 Å². The van der Waals surface area contributed by atoms with Gasteiger partial charge < -0.3 is 5.32 Å². The first-order valence-electron chi connectivity index (χ1n) is 11.3. The van der Waals surface area contributed by atoms with Crippen LogP contribution in [0.4, 0.5) is 0 Å². The zero-order chi connectivity index (χ0) is 21.3. The summed E-state index contributed by atoms with van der Waals surface area (Å²) in [7, 11) is 0. The molecule has 2 unspecified atom stereocenters. The summed E-state index contributed by atoms with van der Waals surface area (Å²) in [6, 6.07) is 14.0. The predicted octanol–water partition coefficient (Wildman–Crippen LogP) is 8.02. The summed E-state index contributed by atoms with van der Waals surface area (Å²) in [6.45, 7) is 18.4. The van der Waals surface area contributed by atoms with Crippen LogP contribution in [0.3, 0.4) is 0 Å². The zero-order valence-electron chi connectivity index (χ0n) is 19.9. The van der Waals surface area contributed by atoms with Gasteiger partial charge in [0, 0.05) is 0 Å². The Morgan fingerprint density at radius 3 is 1.37 bits per heavy atom. The minimum absolute atomic E-state index is 0. The van der Waals surface area contributed by atoms with E-state index in [1.165, 1.54) is 33.4 Å². The van der Waals surface area contributed by atoms with E-state index in [0.29, 0.717) is 23.7 Å². The first-order valence-corrected chi connectivity index (χ1v) is 11.3. The van der Waals surface area contributed by atoms with Crippen molar-refractivity contribution in [2.45, 2.75) is 91.1 Å². The molecule has 0 fully saturated rings. The smallest absolute Gasteiger partial charge is 0.101 e. The van der Waals surface area contributed by atoms with E-state index in [9.17, 15) is 0 Å². The van der Waals surface area contributed by atoms with E-state index < -0.39 is 0 Å². The van der Waals surface area contributed by atoms with E-state index >= 15 is 0 Å². The monoisotopic (exact) mass is 426 g/mol. The van der Waals surface area contributed by atoms with Crippen LogP contribution < -0.4 is 5.32 Å². The van der Waals surface area contributed by atoms with E-state index in [1.54, 1.807) is 0 Å². The first-order chi connectivity index (χ1) is 13.7. The summed E-state index contributed by atoms with van der Waals surface area (Å²) in [5.41, 5.74) is 8.63. The molecule has 1 N–H and O–H groups in total. The van der Waals surface area contributed by atoms with Gasteiger partial charge in [-0.05, 0) is 57.1 Å². The molecule has 0 radical (unpaired) electrons. The van der Waals surface area contributed by atoms with Crippen LogP contribution in [0, 0.1) is 0 Å². The maximum atomic E-state index is 5.01. The van der Waals surface area contributed by atoms with Crippen LogP contribution in [-0.4, -0.2) is 6.34 Å². The van der Waals surface area contributed by atoms with E-state index in [-0.39, 0.29) is 24.5 Å².